The molecule has 236 valence electrons. The number of piperidine rings is 1. The van der Waals surface area contributed by atoms with E-state index in [-0.39, 0.29) is 25.1 Å². The average Bonchev–Trinajstić information content (AvgIpc) is 3.79. The number of ether oxygens (including phenoxy) is 2. The average molecular weight is 642 g/mol. The van der Waals surface area contributed by atoms with Crippen LogP contribution in [-0.4, -0.2) is 79.8 Å². The molecule has 0 bridgehead atoms. The maximum atomic E-state index is 15.6. The molecule has 2 N–H and O–H groups in total. The van der Waals surface area contributed by atoms with Crippen molar-refractivity contribution in [3.63, 3.8) is 0 Å². The van der Waals surface area contributed by atoms with Crippen molar-refractivity contribution >= 4 is 38.4 Å². The van der Waals surface area contributed by atoms with Crippen molar-refractivity contribution < 1.29 is 35.9 Å². The predicted octanol–water partition coefficient (Wildman–Crippen LogP) is 4.78. The second-order valence-electron chi connectivity index (χ2n) is 11.4. The number of benzene rings is 2. The van der Waals surface area contributed by atoms with Crippen LogP contribution in [0.1, 0.15) is 35.2 Å². The molecule has 3 saturated heterocycles. The summed E-state index contributed by atoms with van der Waals surface area (Å²) in [6.45, 7) is 2.40. The lowest BCUT2D eigenvalue weighted by molar-refractivity contribution is -0.169. The first-order chi connectivity index (χ1) is 21.6. The Bertz CT molecular complexity index is 1870. The van der Waals surface area contributed by atoms with Crippen LogP contribution in [0.4, 0.5) is 24.5 Å². The SMILES string of the molecule is O=C(c1c(F)ccc(NS(=O)(=O)N2CC[C@@H](F)C2)c1F)c1c[nH]c2ncc(-c3ccc(N4CCC5(CC4)OCCO5)cc3)cc12. The first-order valence-corrected chi connectivity index (χ1v) is 16.1. The molecule has 3 aliphatic rings. The lowest BCUT2D eigenvalue weighted by atomic mass is 9.99. The van der Waals surface area contributed by atoms with Gasteiger partial charge < -0.3 is 19.4 Å². The number of pyridine rings is 1. The number of hydrogen-bond donors (Lipinski definition) is 2. The largest absolute Gasteiger partial charge is 0.371 e. The van der Waals surface area contributed by atoms with Gasteiger partial charge in [0, 0.05) is 73.6 Å². The summed E-state index contributed by atoms with van der Waals surface area (Å²) < 4.78 is 84.0. The molecule has 0 aliphatic carbocycles. The lowest BCUT2D eigenvalue weighted by Gasteiger charge is -2.38. The summed E-state index contributed by atoms with van der Waals surface area (Å²) in [7, 11) is -4.33. The molecule has 2 aromatic heterocycles. The van der Waals surface area contributed by atoms with Crippen molar-refractivity contribution in [2.75, 3.05) is 49.0 Å². The molecular weight excluding hydrogens is 611 g/mol. The van der Waals surface area contributed by atoms with E-state index in [0.717, 1.165) is 53.6 Å². The van der Waals surface area contributed by atoms with Crippen LogP contribution in [0.25, 0.3) is 22.2 Å². The van der Waals surface area contributed by atoms with E-state index >= 15 is 4.39 Å². The van der Waals surface area contributed by atoms with E-state index < -0.39 is 50.8 Å². The Morgan fingerprint density at radius 1 is 1.02 bits per heavy atom. The number of aromatic nitrogens is 2. The molecule has 10 nitrogen and oxygen atoms in total. The number of hydrogen-bond acceptors (Lipinski definition) is 7. The minimum atomic E-state index is -4.33. The third-order valence-corrected chi connectivity index (χ3v) is 10.2. The minimum Gasteiger partial charge on any atom is -0.371 e. The van der Waals surface area contributed by atoms with Gasteiger partial charge in [-0.05, 0) is 42.3 Å². The first-order valence-electron chi connectivity index (χ1n) is 14.7. The zero-order chi connectivity index (χ0) is 31.3. The van der Waals surface area contributed by atoms with Gasteiger partial charge in [0.05, 0.1) is 24.5 Å². The van der Waals surface area contributed by atoms with Crippen molar-refractivity contribution in [1.82, 2.24) is 14.3 Å². The van der Waals surface area contributed by atoms with Gasteiger partial charge in [-0.1, -0.05) is 12.1 Å². The van der Waals surface area contributed by atoms with Crippen molar-refractivity contribution in [3.05, 3.63) is 77.6 Å². The highest BCUT2D eigenvalue weighted by Gasteiger charge is 2.40. The van der Waals surface area contributed by atoms with E-state index in [2.05, 4.69) is 14.9 Å². The summed E-state index contributed by atoms with van der Waals surface area (Å²) in [5.74, 6) is -3.98. The zero-order valence-electron chi connectivity index (χ0n) is 24.1. The highest BCUT2D eigenvalue weighted by atomic mass is 32.2. The number of carbonyl (C=O) groups excluding carboxylic acids is 1. The van der Waals surface area contributed by atoms with E-state index in [1.807, 2.05) is 29.0 Å². The molecule has 5 heterocycles. The van der Waals surface area contributed by atoms with Crippen LogP contribution in [0.2, 0.25) is 0 Å². The van der Waals surface area contributed by atoms with Crippen LogP contribution >= 0.6 is 0 Å². The maximum absolute atomic E-state index is 15.6. The van der Waals surface area contributed by atoms with E-state index in [0.29, 0.717) is 29.8 Å². The van der Waals surface area contributed by atoms with Gasteiger partial charge in [-0.2, -0.15) is 12.7 Å². The van der Waals surface area contributed by atoms with Crippen LogP contribution in [0.15, 0.2) is 54.9 Å². The summed E-state index contributed by atoms with van der Waals surface area (Å²) in [6.07, 6.45) is 3.21. The van der Waals surface area contributed by atoms with Gasteiger partial charge in [0.2, 0.25) is 5.78 Å². The van der Waals surface area contributed by atoms with Crippen LogP contribution in [0.5, 0.6) is 0 Å². The molecule has 14 heteroatoms. The van der Waals surface area contributed by atoms with E-state index in [9.17, 15) is 22.0 Å². The Hall–Kier alpha value is -3.98. The van der Waals surface area contributed by atoms with Gasteiger partial charge >= 0.3 is 10.2 Å². The van der Waals surface area contributed by atoms with Crippen LogP contribution in [0, 0.1) is 11.6 Å². The van der Waals surface area contributed by atoms with E-state index in [1.165, 1.54) is 6.20 Å². The van der Waals surface area contributed by atoms with Crippen LogP contribution in [-0.2, 0) is 19.7 Å². The van der Waals surface area contributed by atoms with Crippen LogP contribution in [0.3, 0.4) is 0 Å². The van der Waals surface area contributed by atoms with Crippen molar-refractivity contribution in [1.29, 1.82) is 0 Å². The Kier molecular flexibility index (Phi) is 7.55. The molecule has 0 radical (unpaired) electrons. The number of halogens is 3. The van der Waals surface area contributed by atoms with Crippen molar-refractivity contribution in [2.24, 2.45) is 0 Å². The number of alkyl halides is 1. The summed E-state index contributed by atoms with van der Waals surface area (Å²) in [5.41, 5.74) is 1.33. The molecule has 0 unspecified atom stereocenters. The predicted molar refractivity (Wildman–Crippen MR) is 161 cm³/mol. The Morgan fingerprint density at radius 3 is 2.44 bits per heavy atom. The molecular formula is C31H30F3N5O5S. The number of anilines is 2. The Labute approximate surface area is 257 Å². The highest BCUT2D eigenvalue weighted by Crippen LogP contribution is 2.35. The quantitative estimate of drug-likeness (QED) is 0.279. The molecule has 3 aliphatic heterocycles. The van der Waals surface area contributed by atoms with Crippen molar-refractivity contribution in [3.8, 4) is 11.1 Å². The van der Waals surface area contributed by atoms with E-state index in [1.54, 1.807) is 12.3 Å². The number of nitrogens with one attached hydrogen (secondary N) is 2. The summed E-state index contributed by atoms with van der Waals surface area (Å²) in [4.78, 5) is 23.1. The summed E-state index contributed by atoms with van der Waals surface area (Å²) >= 11 is 0. The third-order valence-electron chi connectivity index (χ3n) is 8.67. The number of nitrogens with zero attached hydrogens (tertiary/aromatic N) is 3. The molecule has 4 aromatic rings. The zero-order valence-corrected chi connectivity index (χ0v) is 24.9. The number of H-pyrrole nitrogens is 1. The smallest absolute Gasteiger partial charge is 0.301 e. The van der Waals surface area contributed by atoms with E-state index in [4.69, 9.17) is 9.47 Å². The highest BCUT2D eigenvalue weighted by molar-refractivity contribution is 7.90. The molecule has 0 amide bonds. The molecule has 7 rings (SSSR count). The van der Waals surface area contributed by atoms with Gasteiger partial charge in [0.25, 0.3) is 0 Å². The number of carbonyl (C=O) groups is 1. The van der Waals surface area contributed by atoms with Gasteiger partial charge in [0.15, 0.2) is 11.6 Å². The maximum Gasteiger partial charge on any atom is 0.301 e. The molecule has 1 spiro atoms. The molecule has 45 heavy (non-hydrogen) atoms. The monoisotopic (exact) mass is 641 g/mol. The lowest BCUT2D eigenvalue weighted by Crippen LogP contribution is -2.45. The molecule has 2 aromatic carbocycles. The Morgan fingerprint density at radius 2 is 1.76 bits per heavy atom. The van der Waals surface area contributed by atoms with Gasteiger partial charge in [-0.15, -0.1) is 0 Å². The molecule has 3 fully saturated rings. The topological polar surface area (TPSA) is 117 Å². The van der Waals surface area contributed by atoms with Crippen LogP contribution < -0.4 is 9.62 Å². The fraction of sp³-hybridized carbons (Fsp3) is 0.355. The number of ketones is 1. The third kappa shape index (κ3) is 5.56. The number of fused-ring (bicyclic) bond motifs is 1. The summed E-state index contributed by atoms with van der Waals surface area (Å²) in [6, 6.07) is 11.3. The van der Waals surface area contributed by atoms with Gasteiger partial charge in [-0.25, -0.2) is 18.2 Å². The number of rotatable bonds is 7. The normalized spacial score (nSPS) is 20.3. The first kappa shape index (κ1) is 29.7. The van der Waals surface area contributed by atoms with Gasteiger partial charge in [-0.3, -0.25) is 9.52 Å². The molecule has 0 saturated carbocycles. The molecule has 1 atom stereocenters. The summed E-state index contributed by atoms with van der Waals surface area (Å²) in [5, 5.41) is 0.343. The standard InChI is InChI=1S/C31H30F3N5O5S/c32-21-7-10-39(18-21)45(41,42)37-26-6-5-25(33)27(28(26)34)29(40)24-17-36-30-23(24)15-20(16-35-30)19-1-3-22(4-2-19)38-11-8-31(9-12-38)43-13-14-44-31/h1-6,15-17,21,37H,7-14,18H2,(H,35,36)/t21-/m1/s1. The fourth-order valence-electron chi connectivity index (χ4n) is 6.19. The number of aromatic amines is 1. The van der Waals surface area contributed by atoms with Crippen molar-refractivity contribution in [2.45, 2.75) is 31.2 Å². The van der Waals surface area contributed by atoms with Gasteiger partial charge in [0.1, 0.15) is 17.6 Å². The fourth-order valence-corrected chi connectivity index (χ4v) is 7.46. The second-order valence-corrected chi connectivity index (χ2v) is 13.1. The minimum absolute atomic E-state index is 0.0158. The Balaban J connectivity index is 1.13. The second kappa shape index (κ2) is 11.4.